The average molecular weight is 368 g/mol. The number of phenolic OH excluding ortho intramolecular Hbond substituents is 1. The minimum atomic E-state index is -0.739. The first-order valence-electron chi connectivity index (χ1n) is 8.13. The van der Waals surface area contributed by atoms with E-state index in [4.69, 9.17) is 5.73 Å². The second-order valence-electron chi connectivity index (χ2n) is 6.11. The van der Waals surface area contributed by atoms with Gasteiger partial charge in [0.25, 0.3) is 0 Å². The fourth-order valence-corrected chi connectivity index (χ4v) is 2.92. The molecule has 138 valence electrons. The number of nitrogens with two attached hydrogens (primary N) is 1. The van der Waals surface area contributed by atoms with Crippen LogP contribution >= 0.6 is 0 Å². The van der Waals surface area contributed by atoms with Gasteiger partial charge in [-0.05, 0) is 47.4 Å². The molecule has 0 spiro atoms. The van der Waals surface area contributed by atoms with Crippen molar-refractivity contribution in [2.24, 2.45) is 5.73 Å². The number of primary amides is 1. The lowest BCUT2D eigenvalue weighted by Gasteiger charge is -2.12. The summed E-state index contributed by atoms with van der Waals surface area (Å²) in [5.74, 6) is -1.96. The summed E-state index contributed by atoms with van der Waals surface area (Å²) in [6.07, 6.45) is 1.92. The molecule has 0 radical (unpaired) electrons. The highest BCUT2D eigenvalue weighted by Crippen LogP contribution is 2.32. The molecule has 0 aliphatic carbocycles. The van der Waals surface area contributed by atoms with Gasteiger partial charge in [0.1, 0.15) is 16.9 Å². The van der Waals surface area contributed by atoms with Crippen LogP contribution < -0.4 is 5.73 Å². The fourth-order valence-electron chi connectivity index (χ4n) is 2.92. The van der Waals surface area contributed by atoms with Gasteiger partial charge >= 0.3 is 5.97 Å². The summed E-state index contributed by atoms with van der Waals surface area (Å²) in [5.41, 5.74) is 7.55. The molecule has 27 heavy (non-hydrogen) atoms. The minimum Gasteiger partial charge on any atom is -0.505 e. The number of methoxy groups -OCH3 is 1. The Bertz CT molecular complexity index is 1030. The number of phenols is 1. The molecule has 3 N–H and O–H groups in total. The topological polar surface area (TPSA) is 103 Å². The van der Waals surface area contributed by atoms with Gasteiger partial charge < -0.3 is 15.6 Å². The van der Waals surface area contributed by atoms with Gasteiger partial charge in [0.15, 0.2) is 5.75 Å². The number of pyridine rings is 1. The maximum absolute atomic E-state index is 13.1. The van der Waals surface area contributed by atoms with Crippen LogP contribution in [0.5, 0.6) is 5.75 Å². The molecule has 6 nitrogen and oxygen atoms in total. The van der Waals surface area contributed by atoms with Crippen LogP contribution in [0.3, 0.4) is 0 Å². The molecule has 0 aliphatic heterocycles. The van der Waals surface area contributed by atoms with Gasteiger partial charge in [0.2, 0.25) is 5.91 Å². The Morgan fingerprint density at radius 1 is 1.19 bits per heavy atom. The van der Waals surface area contributed by atoms with Gasteiger partial charge in [-0.3, -0.25) is 9.78 Å². The second-order valence-corrected chi connectivity index (χ2v) is 6.11. The molecule has 0 fully saturated rings. The zero-order chi connectivity index (χ0) is 19.6. The van der Waals surface area contributed by atoms with Crippen molar-refractivity contribution in [1.82, 2.24) is 4.98 Å². The smallest absolute Gasteiger partial charge is 0.341 e. The number of fused-ring (bicyclic) bond motifs is 1. The molecule has 7 heteroatoms. The summed E-state index contributed by atoms with van der Waals surface area (Å²) >= 11 is 0. The van der Waals surface area contributed by atoms with Crippen LogP contribution in [0.4, 0.5) is 4.39 Å². The van der Waals surface area contributed by atoms with Crippen molar-refractivity contribution >= 4 is 22.8 Å². The first-order valence-corrected chi connectivity index (χ1v) is 8.13. The van der Waals surface area contributed by atoms with Gasteiger partial charge in [-0.25, -0.2) is 9.18 Å². The number of aromatic nitrogens is 1. The quantitative estimate of drug-likeness (QED) is 0.674. The van der Waals surface area contributed by atoms with Crippen LogP contribution in [-0.4, -0.2) is 29.1 Å². The van der Waals surface area contributed by atoms with E-state index in [9.17, 15) is 19.1 Å². The number of hydrogen-bond acceptors (Lipinski definition) is 5. The van der Waals surface area contributed by atoms with Crippen molar-refractivity contribution in [3.05, 3.63) is 70.7 Å². The number of amides is 1. The van der Waals surface area contributed by atoms with Gasteiger partial charge in [0, 0.05) is 11.6 Å². The van der Waals surface area contributed by atoms with Crippen molar-refractivity contribution in [3.63, 3.8) is 0 Å². The molecule has 1 aromatic heterocycles. The molecule has 0 bridgehead atoms. The van der Waals surface area contributed by atoms with Crippen LogP contribution in [0.15, 0.2) is 42.6 Å². The largest absolute Gasteiger partial charge is 0.505 e. The Balaban J connectivity index is 2.11. The zero-order valence-electron chi connectivity index (χ0n) is 14.5. The van der Waals surface area contributed by atoms with E-state index in [2.05, 4.69) is 9.72 Å². The SMILES string of the molecule is COC(=O)c1cc(CC(N)=O)c2cc(Cc3ccc(F)cc3)cnc2c1O. The number of aromatic hydroxyl groups is 1. The lowest BCUT2D eigenvalue weighted by molar-refractivity contribution is -0.117. The zero-order valence-corrected chi connectivity index (χ0v) is 14.5. The first-order chi connectivity index (χ1) is 12.9. The molecule has 0 saturated heterocycles. The average Bonchev–Trinajstić information content (AvgIpc) is 2.65. The highest BCUT2D eigenvalue weighted by atomic mass is 19.1. The molecule has 1 heterocycles. The van der Waals surface area contributed by atoms with Crippen LogP contribution in [-0.2, 0) is 22.4 Å². The molecule has 0 aliphatic rings. The maximum atomic E-state index is 13.1. The van der Waals surface area contributed by atoms with E-state index in [0.29, 0.717) is 17.4 Å². The van der Waals surface area contributed by atoms with Crippen molar-refractivity contribution in [1.29, 1.82) is 0 Å². The Labute approximate surface area is 154 Å². The number of nitrogens with zero attached hydrogens (tertiary/aromatic N) is 1. The van der Waals surface area contributed by atoms with Crippen molar-refractivity contribution in [2.45, 2.75) is 12.8 Å². The first kappa shape index (κ1) is 18.3. The Hall–Kier alpha value is -3.48. The predicted octanol–water partition coefficient (Wildman–Crippen LogP) is 2.48. The second kappa shape index (κ2) is 7.41. The van der Waals surface area contributed by atoms with Gasteiger partial charge in [-0.15, -0.1) is 0 Å². The summed E-state index contributed by atoms with van der Waals surface area (Å²) in [6, 6.07) is 9.24. The third-order valence-corrected chi connectivity index (χ3v) is 4.18. The number of esters is 1. The number of carbonyl (C=O) groups excluding carboxylic acids is 2. The number of benzene rings is 2. The van der Waals surface area contributed by atoms with Crippen molar-refractivity contribution in [2.75, 3.05) is 7.11 Å². The van der Waals surface area contributed by atoms with E-state index < -0.39 is 11.9 Å². The molecule has 1 amide bonds. The Morgan fingerprint density at radius 3 is 2.52 bits per heavy atom. The molecular weight excluding hydrogens is 351 g/mol. The Kier molecular flexibility index (Phi) is 5.03. The van der Waals surface area contributed by atoms with E-state index in [0.717, 1.165) is 11.1 Å². The summed E-state index contributed by atoms with van der Waals surface area (Å²) < 4.78 is 17.7. The lowest BCUT2D eigenvalue weighted by Crippen LogP contribution is -2.15. The monoisotopic (exact) mass is 368 g/mol. The number of carbonyl (C=O) groups is 2. The normalized spacial score (nSPS) is 10.7. The highest BCUT2D eigenvalue weighted by Gasteiger charge is 2.19. The lowest BCUT2D eigenvalue weighted by atomic mass is 9.97. The van der Waals surface area contributed by atoms with Gasteiger partial charge in [-0.2, -0.15) is 0 Å². The Morgan fingerprint density at radius 2 is 1.89 bits per heavy atom. The van der Waals surface area contributed by atoms with Crippen molar-refractivity contribution < 1.29 is 23.8 Å². The van der Waals surface area contributed by atoms with Gasteiger partial charge in [-0.1, -0.05) is 12.1 Å². The molecule has 0 saturated carbocycles. The summed E-state index contributed by atoms with van der Waals surface area (Å²) in [4.78, 5) is 27.6. The van der Waals surface area contributed by atoms with Crippen LogP contribution in [0, 0.1) is 5.82 Å². The summed E-state index contributed by atoms with van der Waals surface area (Å²) in [6.45, 7) is 0. The number of halogens is 1. The van der Waals surface area contributed by atoms with E-state index in [-0.39, 0.29) is 29.1 Å². The third kappa shape index (κ3) is 3.87. The van der Waals surface area contributed by atoms with E-state index in [1.165, 1.54) is 25.3 Å². The van der Waals surface area contributed by atoms with Crippen molar-refractivity contribution in [3.8, 4) is 5.75 Å². The predicted molar refractivity (Wildman–Crippen MR) is 96.9 cm³/mol. The van der Waals surface area contributed by atoms with Gasteiger partial charge in [0.05, 0.1) is 13.5 Å². The molecular formula is C20H17FN2O4. The molecule has 3 rings (SSSR count). The molecule has 0 atom stereocenters. The molecule has 3 aromatic rings. The van der Waals surface area contributed by atoms with Crippen LogP contribution in [0.2, 0.25) is 0 Å². The molecule has 0 unspecified atom stereocenters. The van der Waals surface area contributed by atoms with E-state index in [1.807, 2.05) is 0 Å². The van der Waals surface area contributed by atoms with Crippen LogP contribution in [0.25, 0.3) is 10.9 Å². The number of ether oxygens (including phenoxy) is 1. The maximum Gasteiger partial charge on any atom is 0.341 e. The number of rotatable bonds is 5. The van der Waals surface area contributed by atoms with E-state index in [1.54, 1.807) is 24.4 Å². The highest BCUT2D eigenvalue weighted by molar-refractivity contribution is 6.02. The number of hydrogen-bond donors (Lipinski definition) is 2. The van der Waals surface area contributed by atoms with E-state index >= 15 is 0 Å². The minimum absolute atomic E-state index is 0.0833. The summed E-state index contributed by atoms with van der Waals surface area (Å²) in [7, 11) is 1.19. The van der Waals surface area contributed by atoms with Crippen LogP contribution in [0.1, 0.15) is 27.0 Å². The third-order valence-electron chi connectivity index (χ3n) is 4.18. The summed E-state index contributed by atoms with van der Waals surface area (Å²) in [5, 5.41) is 10.9. The molecule has 2 aromatic carbocycles. The fraction of sp³-hybridized carbons (Fsp3) is 0.150. The standard InChI is InChI=1S/C20H17FN2O4/c1-27-20(26)16-8-13(9-17(22)24)15-7-12(10-23-18(15)19(16)25)6-11-2-4-14(21)5-3-11/h2-5,7-8,10,25H,6,9H2,1H3,(H2,22,24).